The fourth-order valence-corrected chi connectivity index (χ4v) is 5.85. The number of fused-ring (bicyclic) bond motifs is 4. The normalized spacial score (nSPS) is 15.0. The molecule has 0 atom stereocenters. The van der Waals surface area contributed by atoms with Gasteiger partial charge in [-0.05, 0) is 61.8 Å². The number of pyridine rings is 2. The van der Waals surface area contributed by atoms with Gasteiger partial charge >= 0.3 is 16.7 Å². The minimum atomic E-state index is -5.46. The highest BCUT2D eigenvalue weighted by Crippen LogP contribution is 2.41. The summed E-state index contributed by atoms with van der Waals surface area (Å²) in [6.07, 6.45) is -1.76. The van der Waals surface area contributed by atoms with E-state index < -0.39 is 39.0 Å². The molecule has 0 radical (unpaired) electrons. The van der Waals surface area contributed by atoms with Gasteiger partial charge in [0.2, 0.25) is 0 Å². The Hall–Kier alpha value is -4.48. The summed E-state index contributed by atoms with van der Waals surface area (Å²) in [4.78, 5) is 20.8. The molecule has 210 valence electrons. The summed E-state index contributed by atoms with van der Waals surface area (Å²) < 4.78 is 84.5. The van der Waals surface area contributed by atoms with Gasteiger partial charge < -0.3 is 19.1 Å². The summed E-state index contributed by atoms with van der Waals surface area (Å²) in [5, 5.41) is 13.1. The maximum absolute atomic E-state index is 14.4. The minimum absolute atomic E-state index is 0.163. The van der Waals surface area contributed by atoms with Crippen molar-refractivity contribution in [1.29, 1.82) is 5.26 Å². The second-order valence-corrected chi connectivity index (χ2v) is 10.7. The van der Waals surface area contributed by atoms with Crippen LogP contribution in [0.25, 0.3) is 44.0 Å². The van der Waals surface area contributed by atoms with Crippen molar-refractivity contribution in [3.8, 4) is 22.9 Å². The number of aromatic amines is 1. The first kappa shape index (κ1) is 26.7. The number of nitrogens with zero attached hydrogens (tertiary/aromatic N) is 3. The van der Waals surface area contributed by atoms with E-state index in [1.807, 2.05) is 10.6 Å². The van der Waals surface area contributed by atoms with Gasteiger partial charge in [0.25, 0.3) is 0 Å². The lowest BCUT2D eigenvalue weighted by Crippen LogP contribution is -2.30. The van der Waals surface area contributed by atoms with Crippen LogP contribution in [0.15, 0.2) is 53.6 Å². The maximum atomic E-state index is 14.4. The molecule has 0 unspecified atom stereocenters. The molecular weight excluding hydrogens is 566 g/mol. The molecule has 6 rings (SSSR count). The number of nitriles is 1. The molecular formula is C27H19F4N5O4S. The number of hydrogen-bond donors (Lipinski definition) is 2. The van der Waals surface area contributed by atoms with Gasteiger partial charge in [0.1, 0.15) is 5.65 Å². The van der Waals surface area contributed by atoms with Gasteiger partial charge in [-0.3, -0.25) is 9.78 Å². The molecule has 2 N–H and O–H groups in total. The number of halogens is 4. The molecule has 4 heterocycles. The topological polar surface area (TPSA) is 130 Å². The minimum Gasteiger partial charge on any atom is -0.357 e. The van der Waals surface area contributed by atoms with Crippen LogP contribution in [0.3, 0.4) is 0 Å². The van der Waals surface area contributed by atoms with Crippen LogP contribution in [0.4, 0.5) is 17.1 Å². The zero-order chi connectivity index (χ0) is 29.1. The van der Waals surface area contributed by atoms with Gasteiger partial charge in [0, 0.05) is 34.1 Å². The molecule has 2 aromatic carbocycles. The van der Waals surface area contributed by atoms with Crippen LogP contribution in [-0.4, -0.2) is 36.0 Å². The Morgan fingerprint density at radius 2 is 1.83 bits per heavy atom. The Bertz CT molecular complexity index is 2070. The zero-order valence-electron chi connectivity index (χ0n) is 20.9. The van der Waals surface area contributed by atoms with E-state index >= 15 is 0 Å². The Kier molecular flexibility index (Phi) is 6.24. The summed E-state index contributed by atoms with van der Waals surface area (Å²) in [5.41, 5.74) is -0.909. The van der Waals surface area contributed by atoms with Crippen LogP contribution in [-0.2, 0) is 16.7 Å². The lowest BCUT2D eigenvalue weighted by molar-refractivity contribution is -0.137. The van der Waals surface area contributed by atoms with Gasteiger partial charge in [0.05, 0.1) is 34.3 Å². The molecule has 0 bridgehead atoms. The van der Waals surface area contributed by atoms with E-state index in [0.717, 1.165) is 24.5 Å². The van der Waals surface area contributed by atoms with Crippen LogP contribution in [0.2, 0.25) is 0 Å². The van der Waals surface area contributed by atoms with Crippen molar-refractivity contribution in [1.82, 2.24) is 19.9 Å². The van der Waals surface area contributed by atoms with Gasteiger partial charge in [-0.25, -0.2) is 0 Å². The van der Waals surface area contributed by atoms with Crippen molar-refractivity contribution in [3.05, 3.63) is 70.1 Å². The highest BCUT2D eigenvalue weighted by molar-refractivity contribution is 7.81. The number of nitrogens with one attached hydrogen (secondary N) is 2. The Labute approximate surface area is 229 Å². The van der Waals surface area contributed by atoms with Crippen molar-refractivity contribution in [2.24, 2.45) is 0 Å². The van der Waals surface area contributed by atoms with Crippen LogP contribution in [0.1, 0.15) is 30.0 Å². The second-order valence-electron chi connectivity index (χ2n) is 9.70. The Morgan fingerprint density at radius 3 is 2.51 bits per heavy atom. The van der Waals surface area contributed by atoms with E-state index in [1.54, 1.807) is 12.1 Å². The molecule has 1 aliphatic rings. The summed E-state index contributed by atoms with van der Waals surface area (Å²) in [7, 11) is -5.46. The summed E-state index contributed by atoms with van der Waals surface area (Å²) in [6, 6.07) is 9.50. The average Bonchev–Trinajstić information content (AvgIpc) is 3.30. The van der Waals surface area contributed by atoms with Crippen LogP contribution in [0, 0.1) is 11.3 Å². The number of aromatic nitrogens is 3. The molecule has 9 nitrogen and oxygen atoms in total. The van der Waals surface area contributed by atoms with E-state index in [0.29, 0.717) is 48.0 Å². The van der Waals surface area contributed by atoms with Crippen molar-refractivity contribution >= 4 is 43.3 Å². The van der Waals surface area contributed by atoms with Crippen molar-refractivity contribution in [3.63, 3.8) is 0 Å². The molecule has 41 heavy (non-hydrogen) atoms. The van der Waals surface area contributed by atoms with Crippen LogP contribution in [0.5, 0.6) is 5.75 Å². The highest BCUT2D eigenvalue weighted by Gasteiger charge is 2.36. The molecule has 1 saturated heterocycles. The predicted octanol–water partition coefficient (Wildman–Crippen LogP) is 5.11. The van der Waals surface area contributed by atoms with E-state index in [4.69, 9.17) is 0 Å². The molecule has 0 amide bonds. The first-order valence-corrected chi connectivity index (χ1v) is 13.7. The molecule has 0 aliphatic carbocycles. The first-order valence-electron chi connectivity index (χ1n) is 12.4. The number of alkyl halides is 3. The largest absolute Gasteiger partial charge is 0.488 e. The maximum Gasteiger partial charge on any atom is 0.488 e. The lowest BCUT2D eigenvalue weighted by Gasteiger charge is -2.28. The Morgan fingerprint density at radius 1 is 1.07 bits per heavy atom. The fraction of sp³-hybridized carbons (Fsp3) is 0.222. The van der Waals surface area contributed by atoms with E-state index in [1.165, 1.54) is 12.1 Å². The number of benzene rings is 2. The van der Waals surface area contributed by atoms with Crippen molar-refractivity contribution in [2.75, 3.05) is 13.1 Å². The first-order chi connectivity index (χ1) is 19.4. The third-order valence-corrected chi connectivity index (χ3v) is 7.61. The third-order valence-electron chi connectivity index (χ3n) is 7.22. The third kappa shape index (κ3) is 4.76. The molecule has 14 heteroatoms. The zero-order valence-corrected chi connectivity index (χ0v) is 21.7. The van der Waals surface area contributed by atoms with E-state index in [-0.39, 0.29) is 27.9 Å². The number of rotatable bonds is 4. The molecule has 1 fully saturated rings. The molecule has 1 aliphatic heterocycles. The van der Waals surface area contributed by atoms with Gasteiger partial charge in [-0.1, -0.05) is 9.95 Å². The number of hydrogen-bond acceptors (Lipinski definition) is 7. The second kappa shape index (κ2) is 9.57. The van der Waals surface area contributed by atoms with E-state index in [2.05, 4.69) is 19.5 Å². The smallest absolute Gasteiger partial charge is 0.357 e. The summed E-state index contributed by atoms with van der Waals surface area (Å²) >= 11 is 0. The average molecular weight is 586 g/mol. The monoisotopic (exact) mass is 585 g/mol. The summed E-state index contributed by atoms with van der Waals surface area (Å²) in [5.74, 6) is -0.617. The van der Waals surface area contributed by atoms with Gasteiger partial charge in [-0.15, -0.1) is 0 Å². The SMILES string of the molecule is N#Cc1ccc2c(c1)[nH]c1c2c(=O)c2cc(C(F)(F)F)c(-c3cncc(OS(=O)(=O)F)c3)cc2n1C1CCNCC1. The van der Waals surface area contributed by atoms with Crippen LogP contribution >= 0.6 is 0 Å². The number of H-pyrrole nitrogens is 1. The van der Waals surface area contributed by atoms with Crippen molar-refractivity contribution < 1.29 is 29.7 Å². The van der Waals surface area contributed by atoms with Gasteiger partial charge in [-0.2, -0.15) is 26.9 Å². The Balaban J connectivity index is 1.74. The standard InChI is InChI=1S/C27H19F4N5O4S/c28-27(29,30)21-9-20-23(10-19(21)15-8-17(13-34-12-15)40-41(31,38)39)36(16-3-5-33-6-4-16)26-24(25(20)37)18-2-1-14(11-32)7-22(18)35-26/h1-2,7-10,12-13,16,33,35H,3-6H2. The molecule has 3 aromatic heterocycles. The van der Waals surface area contributed by atoms with Crippen molar-refractivity contribution in [2.45, 2.75) is 25.1 Å². The summed E-state index contributed by atoms with van der Waals surface area (Å²) in [6.45, 7) is 1.29. The van der Waals surface area contributed by atoms with E-state index in [9.17, 15) is 35.5 Å². The fourth-order valence-electron chi connectivity index (χ4n) is 5.53. The number of piperidine rings is 1. The predicted molar refractivity (Wildman–Crippen MR) is 142 cm³/mol. The molecule has 5 aromatic rings. The van der Waals surface area contributed by atoms with Crippen LogP contribution < -0.4 is 14.9 Å². The molecule has 0 spiro atoms. The lowest BCUT2D eigenvalue weighted by atomic mass is 9.95. The quantitative estimate of drug-likeness (QED) is 0.222. The van der Waals surface area contributed by atoms with Gasteiger partial charge in [0.15, 0.2) is 11.2 Å². The highest BCUT2D eigenvalue weighted by atomic mass is 32.3. The molecule has 0 saturated carbocycles.